The molecule has 2 aliphatic carbocycles. The quantitative estimate of drug-likeness (QED) is 0.508. The molecular formula is C30H39N3O5. The highest BCUT2D eigenvalue weighted by molar-refractivity contribution is 6.02. The van der Waals surface area contributed by atoms with Gasteiger partial charge in [-0.2, -0.15) is 0 Å². The Bertz CT molecular complexity index is 1220. The first kappa shape index (κ1) is 26.4. The summed E-state index contributed by atoms with van der Waals surface area (Å²) in [5.74, 6) is 0.547. The lowest BCUT2D eigenvalue weighted by Gasteiger charge is -2.30. The summed E-state index contributed by atoms with van der Waals surface area (Å²) >= 11 is 0. The highest BCUT2D eigenvalue weighted by Crippen LogP contribution is 2.43. The summed E-state index contributed by atoms with van der Waals surface area (Å²) in [5, 5.41) is 3.86. The summed E-state index contributed by atoms with van der Waals surface area (Å²) < 4.78 is 5.46. The van der Waals surface area contributed by atoms with E-state index in [-0.39, 0.29) is 41.1 Å². The Morgan fingerprint density at radius 1 is 1.16 bits per heavy atom. The van der Waals surface area contributed by atoms with Crippen molar-refractivity contribution in [1.82, 2.24) is 15.2 Å². The Hall–Kier alpha value is -3.16. The van der Waals surface area contributed by atoms with E-state index in [4.69, 9.17) is 4.74 Å². The van der Waals surface area contributed by atoms with Gasteiger partial charge in [-0.1, -0.05) is 25.8 Å². The van der Waals surface area contributed by atoms with Gasteiger partial charge in [0, 0.05) is 36.2 Å². The Balaban J connectivity index is 1.39. The van der Waals surface area contributed by atoms with Gasteiger partial charge in [0.2, 0.25) is 5.91 Å². The van der Waals surface area contributed by atoms with Gasteiger partial charge in [0.25, 0.3) is 5.91 Å². The maximum absolute atomic E-state index is 13.9. The minimum atomic E-state index is -0.691. The van der Waals surface area contributed by atoms with Gasteiger partial charge >= 0.3 is 0 Å². The number of carbonyl (C=O) groups excluding carboxylic acids is 4. The number of hydrogen-bond donors (Lipinski definition) is 2. The molecule has 5 unspecified atom stereocenters. The third kappa shape index (κ3) is 5.09. The summed E-state index contributed by atoms with van der Waals surface area (Å²) in [7, 11) is 1.60. The van der Waals surface area contributed by atoms with Crippen LogP contribution in [0.3, 0.4) is 0 Å². The predicted octanol–water partition coefficient (Wildman–Crippen LogP) is 4.42. The van der Waals surface area contributed by atoms with E-state index in [1.807, 2.05) is 25.1 Å². The second kappa shape index (κ2) is 11.3. The molecule has 8 nitrogen and oxygen atoms in total. The molecule has 1 aromatic heterocycles. The van der Waals surface area contributed by atoms with Crippen molar-refractivity contribution in [2.45, 2.75) is 83.2 Å². The van der Waals surface area contributed by atoms with Gasteiger partial charge in [-0.15, -0.1) is 0 Å². The van der Waals surface area contributed by atoms with Crippen LogP contribution in [0, 0.1) is 17.8 Å². The molecule has 2 aromatic rings. The van der Waals surface area contributed by atoms with Crippen LogP contribution < -0.4 is 10.1 Å². The minimum Gasteiger partial charge on any atom is -0.496 e. The highest BCUT2D eigenvalue weighted by atomic mass is 16.5. The molecule has 3 fully saturated rings. The first-order valence-electron chi connectivity index (χ1n) is 14.2. The molecule has 5 atom stereocenters. The molecule has 2 saturated carbocycles. The lowest BCUT2D eigenvalue weighted by Crippen LogP contribution is -2.53. The summed E-state index contributed by atoms with van der Waals surface area (Å²) in [6, 6.07) is 6.10. The van der Waals surface area contributed by atoms with E-state index in [1.54, 1.807) is 18.1 Å². The van der Waals surface area contributed by atoms with Gasteiger partial charge in [-0.25, -0.2) is 0 Å². The van der Waals surface area contributed by atoms with Crippen LogP contribution in [-0.2, 0) is 14.4 Å². The molecular weight excluding hydrogens is 482 g/mol. The average molecular weight is 522 g/mol. The standard InChI is InChI=1S/C30H39N3O5/c1-3-8-26(35)23(15-18-9-4-5-13-25(18)34)32-29(36)28-20-11-6-10-19(20)17-33(28)30(37)24-16-21-22(31-24)12-7-14-27(21)38-2/h7,12,14,16,18-20,23,28,31H,3-6,8-11,13,15,17H2,1-2H3,(H,32,36). The number of nitrogens with one attached hydrogen (secondary N) is 2. The fraction of sp³-hybridized carbons (Fsp3) is 0.600. The summed E-state index contributed by atoms with van der Waals surface area (Å²) in [6.45, 7) is 2.47. The normalized spacial score (nSPS) is 25.8. The lowest BCUT2D eigenvalue weighted by atomic mass is 9.82. The van der Waals surface area contributed by atoms with Crippen LogP contribution in [-0.4, -0.2) is 59.0 Å². The second-order valence-electron chi connectivity index (χ2n) is 11.3. The van der Waals surface area contributed by atoms with E-state index >= 15 is 0 Å². The molecule has 204 valence electrons. The highest BCUT2D eigenvalue weighted by Gasteiger charge is 2.50. The number of methoxy groups -OCH3 is 1. The number of ether oxygens (including phenoxy) is 1. The third-order valence-electron chi connectivity index (χ3n) is 8.90. The number of ketones is 2. The number of amides is 2. The van der Waals surface area contributed by atoms with Crippen LogP contribution in [0.2, 0.25) is 0 Å². The Labute approximate surface area is 223 Å². The summed E-state index contributed by atoms with van der Waals surface area (Å²) in [4.78, 5) is 58.2. The minimum absolute atomic E-state index is 0.0271. The number of fused-ring (bicyclic) bond motifs is 2. The molecule has 5 rings (SSSR count). The zero-order chi connectivity index (χ0) is 26.8. The maximum atomic E-state index is 13.9. The summed E-state index contributed by atoms with van der Waals surface area (Å²) in [6.07, 6.45) is 7.54. The van der Waals surface area contributed by atoms with Crippen LogP contribution >= 0.6 is 0 Å². The van der Waals surface area contributed by atoms with Crippen LogP contribution in [0.25, 0.3) is 10.9 Å². The van der Waals surface area contributed by atoms with Gasteiger partial charge in [-0.05, 0) is 68.6 Å². The van der Waals surface area contributed by atoms with Crippen molar-refractivity contribution in [1.29, 1.82) is 0 Å². The Kier molecular flexibility index (Phi) is 7.86. The first-order valence-corrected chi connectivity index (χ1v) is 14.2. The fourth-order valence-corrected chi connectivity index (χ4v) is 6.96. The van der Waals surface area contributed by atoms with Crippen LogP contribution in [0.5, 0.6) is 5.75 Å². The van der Waals surface area contributed by atoms with E-state index in [9.17, 15) is 19.2 Å². The van der Waals surface area contributed by atoms with Gasteiger partial charge in [-0.3, -0.25) is 19.2 Å². The number of Topliss-reactive ketones (excluding diaryl/α,β-unsaturated/α-hetero) is 2. The van der Waals surface area contributed by atoms with Gasteiger partial charge in [0.05, 0.1) is 13.2 Å². The molecule has 2 N–H and O–H groups in total. The fourth-order valence-electron chi connectivity index (χ4n) is 6.96. The predicted molar refractivity (Wildman–Crippen MR) is 144 cm³/mol. The van der Waals surface area contributed by atoms with Gasteiger partial charge in [0.1, 0.15) is 23.3 Å². The molecule has 8 heteroatoms. The van der Waals surface area contributed by atoms with Crippen LogP contribution in [0.1, 0.15) is 81.6 Å². The topological polar surface area (TPSA) is 109 Å². The molecule has 2 amide bonds. The molecule has 0 spiro atoms. The summed E-state index contributed by atoms with van der Waals surface area (Å²) in [5.41, 5.74) is 1.23. The Morgan fingerprint density at radius 3 is 2.76 bits per heavy atom. The SMILES string of the molecule is CCCC(=O)C(CC1CCCCC1=O)NC(=O)C1C2CCCC2CN1C(=O)c1cc2c(OC)cccc2[nH]1. The Morgan fingerprint density at radius 2 is 2.00 bits per heavy atom. The van der Waals surface area contributed by atoms with Gasteiger partial charge in [0.15, 0.2) is 5.78 Å². The zero-order valence-corrected chi connectivity index (χ0v) is 22.5. The van der Waals surface area contributed by atoms with E-state index in [0.717, 1.165) is 49.4 Å². The number of H-pyrrole nitrogens is 1. The van der Waals surface area contributed by atoms with Crippen molar-refractivity contribution in [2.24, 2.45) is 17.8 Å². The van der Waals surface area contributed by atoms with Crippen molar-refractivity contribution in [3.05, 3.63) is 30.0 Å². The van der Waals surface area contributed by atoms with Crippen molar-refractivity contribution in [3.63, 3.8) is 0 Å². The molecule has 1 aliphatic heterocycles. The first-order chi connectivity index (χ1) is 18.4. The molecule has 0 bridgehead atoms. The van der Waals surface area contributed by atoms with Crippen molar-refractivity contribution in [2.75, 3.05) is 13.7 Å². The monoisotopic (exact) mass is 521 g/mol. The van der Waals surface area contributed by atoms with Crippen molar-refractivity contribution < 1.29 is 23.9 Å². The number of aromatic amines is 1. The maximum Gasteiger partial charge on any atom is 0.271 e. The van der Waals surface area contributed by atoms with Gasteiger partial charge < -0.3 is 19.9 Å². The number of carbonyl (C=O) groups is 4. The molecule has 0 radical (unpaired) electrons. The number of hydrogen-bond acceptors (Lipinski definition) is 5. The number of nitrogens with zero attached hydrogens (tertiary/aromatic N) is 1. The lowest BCUT2D eigenvalue weighted by molar-refractivity contribution is -0.132. The largest absolute Gasteiger partial charge is 0.496 e. The zero-order valence-electron chi connectivity index (χ0n) is 22.5. The number of benzene rings is 1. The van der Waals surface area contributed by atoms with Crippen molar-refractivity contribution >= 4 is 34.3 Å². The van der Waals surface area contributed by atoms with E-state index in [0.29, 0.717) is 43.7 Å². The number of likely N-dealkylation sites (tertiary alicyclic amines) is 1. The number of rotatable bonds is 9. The van der Waals surface area contributed by atoms with E-state index < -0.39 is 12.1 Å². The second-order valence-corrected chi connectivity index (χ2v) is 11.3. The van der Waals surface area contributed by atoms with Crippen molar-refractivity contribution in [3.8, 4) is 5.75 Å². The molecule has 3 aliphatic rings. The molecule has 2 heterocycles. The van der Waals surface area contributed by atoms with Crippen LogP contribution in [0.15, 0.2) is 24.3 Å². The average Bonchev–Trinajstić information content (AvgIpc) is 3.63. The number of aromatic nitrogens is 1. The van der Waals surface area contributed by atoms with Crippen LogP contribution in [0.4, 0.5) is 0 Å². The molecule has 38 heavy (non-hydrogen) atoms. The smallest absolute Gasteiger partial charge is 0.271 e. The van der Waals surface area contributed by atoms with E-state index in [1.165, 1.54) is 0 Å². The molecule has 1 saturated heterocycles. The third-order valence-corrected chi connectivity index (χ3v) is 8.90. The molecule has 1 aromatic carbocycles. The van der Waals surface area contributed by atoms with E-state index in [2.05, 4.69) is 10.3 Å².